The number of hydrogen-bond donors (Lipinski definition) is 1. The van der Waals surface area contributed by atoms with Crippen LogP contribution < -0.4 is 10.2 Å². The molecule has 4 aromatic rings. The van der Waals surface area contributed by atoms with E-state index in [4.69, 9.17) is 10.1 Å². The molecule has 2 aromatic heterocycles. The van der Waals surface area contributed by atoms with Gasteiger partial charge in [0.15, 0.2) is 10.8 Å². The first-order valence-corrected chi connectivity index (χ1v) is 12.3. The van der Waals surface area contributed by atoms with Crippen molar-refractivity contribution in [2.24, 2.45) is 5.92 Å². The molecule has 0 spiro atoms. The van der Waals surface area contributed by atoms with Crippen LogP contribution in [0.3, 0.4) is 0 Å². The highest BCUT2D eigenvalue weighted by Crippen LogP contribution is 2.34. The Hall–Kier alpha value is -3.19. The molecule has 1 amide bonds. The van der Waals surface area contributed by atoms with Crippen LogP contribution in [-0.4, -0.2) is 33.8 Å². The van der Waals surface area contributed by atoms with Crippen LogP contribution in [0.2, 0.25) is 0 Å². The van der Waals surface area contributed by atoms with E-state index >= 15 is 0 Å². The monoisotopic (exact) mass is 459 g/mol. The van der Waals surface area contributed by atoms with E-state index in [9.17, 15) is 4.79 Å². The van der Waals surface area contributed by atoms with Gasteiger partial charge in [-0.05, 0) is 51.3 Å². The molecular weight excluding hydrogens is 430 g/mol. The number of nitrogens with one attached hydrogen (secondary N) is 1. The average molecular weight is 460 g/mol. The lowest BCUT2D eigenvalue weighted by Crippen LogP contribution is -2.43. The van der Waals surface area contributed by atoms with Crippen molar-refractivity contribution in [3.05, 3.63) is 70.9 Å². The van der Waals surface area contributed by atoms with Crippen molar-refractivity contribution >= 4 is 32.7 Å². The summed E-state index contributed by atoms with van der Waals surface area (Å²) in [6.45, 7) is 8.38. The van der Waals surface area contributed by atoms with Crippen molar-refractivity contribution in [2.45, 2.75) is 40.2 Å². The van der Waals surface area contributed by atoms with Crippen LogP contribution in [0.5, 0.6) is 0 Å². The van der Waals surface area contributed by atoms with E-state index in [1.54, 1.807) is 11.3 Å². The summed E-state index contributed by atoms with van der Waals surface area (Å²) in [5.41, 5.74) is 6.47. The van der Waals surface area contributed by atoms with Gasteiger partial charge in [0.25, 0.3) is 0 Å². The fourth-order valence-electron chi connectivity index (χ4n) is 4.33. The second-order valence-electron chi connectivity index (χ2n) is 8.97. The number of carbonyl (C=O) groups is 1. The number of anilines is 1. The highest BCUT2D eigenvalue weighted by atomic mass is 32.1. The molecule has 1 aliphatic heterocycles. The Balaban J connectivity index is 1.31. The number of aryl methyl sites for hydroxylation is 3. The molecule has 1 N–H and O–H groups in total. The SMILES string of the molecule is Cc1ccc(CNC(=O)C2CCCN(c3nc4c(s3)c(C)nn4-c3ccc(C)cc3)C2)cc1. The van der Waals surface area contributed by atoms with Gasteiger partial charge < -0.3 is 10.2 Å². The summed E-state index contributed by atoms with van der Waals surface area (Å²) in [7, 11) is 0. The van der Waals surface area contributed by atoms with E-state index < -0.39 is 0 Å². The van der Waals surface area contributed by atoms with Crippen LogP contribution in [0, 0.1) is 26.7 Å². The molecular formula is C26H29N5OS. The van der Waals surface area contributed by atoms with Crippen molar-refractivity contribution in [3.8, 4) is 5.69 Å². The molecule has 0 radical (unpaired) electrons. The van der Waals surface area contributed by atoms with Gasteiger partial charge in [-0.15, -0.1) is 0 Å². The number of rotatable bonds is 5. The third kappa shape index (κ3) is 4.50. The lowest BCUT2D eigenvalue weighted by Gasteiger charge is -2.31. The van der Waals surface area contributed by atoms with Crippen LogP contribution in [-0.2, 0) is 11.3 Å². The molecule has 1 unspecified atom stereocenters. The minimum absolute atomic E-state index is 0.0223. The summed E-state index contributed by atoms with van der Waals surface area (Å²) in [5.74, 6) is 0.106. The number of aromatic nitrogens is 3. The highest BCUT2D eigenvalue weighted by Gasteiger charge is 2.28. The second kappa shape index (κ2) is 8.98. The van der Waals surface area contributed by atoms with Crippen molar-refractivity contribution in [3.63, 3.8) is 0 Å². The Bertz CT molecular complexity index is 1270. The van der Waals surface area contributed by atoms with Crippen LogP contribution in [0.15, 0.2) is 48.5 Å². The molecule has 5 rings (SSSR count). The topological polar surface area (TPSA) is 63.1 Å². The first kappa shape index (κ1) is 21.6. The van der Waals surface area contributed by atoms with Gasteiger partial charge in [-0.3, -0.25) is 4.79 Å². The quantitative estimate of drug-likeness (QED) is 0.459. The summed E-state index contributed by atoms with van der Waals surface area (Å²) in [6.07, 6.45) is 1.90. The molecule has 0 bridgehead atoms. The van der Waals surface area contributed by atoms with E-state index in [1.165, 1.54) is 11.1 Å². The smallest absolute Gasteiger partial charge is 0.225 e. The largest absolute Gasteiger partial charge is 0.352 e. The zero-order chi connectivity index (χ0) is 22.9. The molecule has 6 nitrogen and oxygen atoms in total. The molecule has 3 heterocycles. The van der Waals surface area contributed by atoms with E-state index in [0.29, 0.717) is 13.1 Å². The number of hydrogen-bond acceptors (Lipinski definition) is 5. The Morgan fingerprint density at radius 1 is 1.06 bits per heavy atom. The minimum Gasteiger partial charge on any atom is -0.352 e. The van der Waals surface area contributed by atoms with Crippen LogP contribution in [0.1, 0.15) is 35.2 Å². The second-order valence-corrected chi connectivity index (χ2v) is 9.95. The lowest BCUT2D eigenvalue weighted by atomic mass is 9.97. The van der Waals surface area contributed by atoms with Crippen LogP contribution >= 0.6 is 11.3 Å². The van der Waals surface area contributed by atoms with Crippen LogP contribution in [0.4, 0.5) is 5.13 Å². The van der Waals surface area contributed by atoms with E-state index in [0.717, 1.165) is 51.8 Å². The normalized spacial score (nSPS) is 16.3. The number of amides is 1. The number of piperidine rings is 1. The molecule has 7 heteroatoms. The number of benzene rings is 2. The predicted molar refractivity (Wildman–Crippen MR) is 134 cm³/mol. The third-order valence-electron chi connectivity index (χ3n) is 6.31. The van der Waals surface area contributed by atoms with E-state index in [2.05, 4.69) is 72.6 Å². The fraction of sp³-hybridized carbons (Fsp3) is 0.346. The van der Waals surface area contributed by atoms with Gasteiger partial charge in [-0.2, -0.15) is 10.1 Å². The number of carbonyl (C=O) groups excluding carboxylic acids is 1. The molecule has 1 atom stereocenters. The van der Waals surface area contributed by atoms with Gasteiger partial charge in [0.2, 0.25) is 5.91 Å². The first-order chi connectivity index (χ1) is 16.0. The number of fused-ring (bicyclic) bond motifs is 1. The molecule has 170 valence electrons. The fourth-order valence-corrected chi connectivity index (χ4v) is 5.35. The van der Waals surface area contributed by atoms with Crippen molar-refractivity contribution in [2.75, 3.05) is 18.0 Å². The molecule has 1 aliphatic rings. The summed E-state index contributed by atoms with van der Waals surface area (Å²) in [6, 6.07) is 16.7. The molecule has 1 fully saturated rings. The standard InChI is InChI=1S/C26H29N5OS/c1-17-6-10-20(11-7-17)15-27-25(32)21-5-4-14-30(16-21)26-28-24-23(33-26)19(3)29-31(24)22-12-8-18(2)9-13-22/h6-13,21H,4-5,14-16H2,1-3H3,(H,27,32). The summed E-state index contributed by atoms with van der Waals surface area (Å²) < 4.78 is 3.04. The van der Waals surface area contributed by atoms with Gasteiger partial charge in [0, 0.05) is 19.6 Å². The number of nitrogens with zero attached hydrogens (tertiary/aromatic N) is 4. The van der Waals surface area contributed by atoms with Crippen LogP contribution in [0.25, 0.3) is 16.0 Å². The maximum atomic E-state index is 12.9. The van der Waals surface area contributed by atoms with Gasteiger partial charge in [0.1, 0.15) is 0 Å². The van der Waals surface area contributed by atoms with Crippen molar-refractivity contribution in [1.82, 2.24) is 20.1 Å². The zero-order valence-corrected chi connectivity index (χ0v) is 20.2. The summed E-state index contributed by atoms with van der Waals surface area (Å²) >= 11 is 1.67. The summed E-state index contributed by atoms with van der Waals surface area (Å²) in [4.78, 5) is 20.1. The maximum absolute atomic E-state index is 12.9. The Morgan fingerprint density at radius 2 is 1.76 bits per heavy atom. The summed E-state index contributed by atoms with van der Waals surface area (Å²) in [5, 5.41) is 8.82. The van der Waals surface area contributed by atoms with Gasteiger partial charge in [-0.25, -0.2) is 4.68 Å². The van der Waals surface area contributed by atoms with Crippen molar-refractivity contribution < 1.29 is 4.79 Å². The Labute approximate surface area is 198 Å². The zero-order valence-electron chi connectivity index (χ0n) is 19.3. The van der Waals surface area contributed by atoms with E-state index in [-0.39, 0.29) is 11.8 Å². The lowest BCUT2D eigenvalue weighted by molar-refractivity contribution is -0.125. The molecule has 0 aliphatic carbocycles. The molecule has 2 aromatic carbocycles. The average Bonchev–Trinajstić information content (AvgIpc) is 3.40. The molecule has 0 saturated carbocycles. The number of thiazole rings is 1. The van der Waals surface area contributed by atoms with Gasteiger partial charge >= 0.3 is 0 Å². The van der Waals surface area contributed by atoms with Gasteiger partial charge in [-0.1, -0.05) is 58.9 Å². The molecule has 1 saturated heterocycles. The first-order valence-electron chi connectivity index (χ1n) is 11.5. The predicted octanol–water partition coefficient (Wildman–Crippen LogP) is 4.94. The van der Waals surface area contributed by atoms with Gasteiger partial charge in [0.05, 0.1) is 22.0 Å². The maximum Gasteiger partial charge on any atom is 0.225 e. The third-order valence-corrected chi connectivity index (χ3v) is 7.52. The molecule has 33 heavy (non-hydrogen) atoms. The Morgan fingerprint density at radius 3 is 2.48 bits per heavy atom. The van der Waals surface area contributed by atoms with Crippen molar-refractivity contribution in [1.29, 1.82) is 0 Å². The Kier molecular flexibility index (Phi) is 5.89. The minimum atomic E-state index is -0.0223. The highest BCUT2D eigenvalue weighted by molar-refractivity contribution is 7.22. The van der Waals surface area contributed by atoms with E-state index in [1.807, 2.05) is 11.6 Å².